The number of nitrogens with zero attached hydrogens (tertiary/aromatic N) is 2. The summed E-state index contributed by atoms with van der Waals surface area (Å²) < 4.78 is 2.79. The lowest BCUT2D eigenvalue weighted by Crippen LogP contribution is -2.20. The zero-order valence-corrected chi connectivity index (χ0v) is 9.78. The van der Waals surface area contributed by atoms with Gasteiger partial charge in [0.15, 0.2) is 0 Å². The predicted molar refractivity (Wildman–Crippen MR) is 60.7 cm³/mol. The molecule has 1 N–H and O–H groups in total. The summed E-state index contributed by atoms with van der Waals surface area (Å²) in [6, 6.07) is 3.80. The van der Waals surface area contributed by atoms with Crippen LogP contribution in [0, 0.1) is 0 Å². The van der Waals surface area contributed by atoms with Crippen molar-refractivity contribution >= 4 is 27.5 Å². The van der Waals surface area contributed by atoms with Crippen molar-refractivity contribution in [2.24, 2.45) is 0 Å². The minimum Gasteiger partial charge on any atom is -0.359 e. The molecule has 4 nitrogen and oxygen atoms in total. The van der Waals surface area contributed by atoms with E-state index in [0.717, 1.165) is 15.8 Å². The van der Waals surface area contributed by atoms with Gasteiger partial charge in [-0.1, -0.05) is 6.07 Å². The SMILES string of the molecule is CNC(=O)Cc1ccc2ncc(Br)n2c1. The Hall–Kier alpha value is -1.36. The normalized spacial score (nSPS) is 10.5. The quantitative estimate of drug-likeness (QED) is 0.894. The fourth-order valence-electron chi connectivity index (χ4n) is 1.37. The minimum absolute atomic E-state index is 0.00517. The molecular weight excluding hydrogens is 258 g/mol. The number of carbonyl (C=O) groups is 1. The number of fused-ring (bicyclic) bond motifs is 1. The Labute approximate surface area is 95.4 Å². The van der Waals surface area contributed by atoms with Crippen molar-refractivity contribution in [2.75, 3.05) is 7.05 Å². The Bertz CT molecular complexity index is 506. The standard InChI is InChI=1S/C10H10BrN3O/c1-12-10(15)4-7-2-3-9-13-5-8(11)14(9)6-7/h2-3,5-6H,4H2,1H3,(H,12,15). The fourth-order valence-corrected chi connectivity index (χ4v) is 1.76. The molecule has 78 valence electrons. The van der Waals surface area contributed by atoms with Crippen LogP contribution in [0.1, 0.15) is 5.56 Å². The van der Waals surface area contributed by atoms with E-state index in [0.29, 0.717) is 6.42 Å². The van der Waals surface area contributed by atoms with Crippen molar-refractivity contribution in [1.82, 2.24) is 14.7 Å². The third-order valence-corrected chi connectivity index (χ3v) is 2.75. The van der Waals surface area contributed by atoms with Crippen LogP contribution in [0.4, 0.5) is 0 Å². The van der Waals surface area contributed by atoms with Crippen LogP contribution in [0.25, 0.3) is 5.65 Å². The minimum atomic E-state index is 0.00517. The highest BCUT2D eigenvalue weighted by atomic mass is 79.9. The molecule has 0 fully saturated rings. The highest BCUT2D eigenvalue weighted by Crippen LogP contribution is 2.14. The second-order valence-corrected chi connectivity index (χ2v) is 4.01. The number of halogens is 1. The van der Waals surface area contributed by atoms with E-state index >= 15 is 0 Å². The van der Waals surface area contributed by atoms with Crippen molar-refractivity contribution in [3.8, 4) is 0 Å². The third-order valence-electron chi connectivity index (χ3n) is 2.17. The Morgan fingerprint density at radius 2 is 2.40 bits per heavy atom. The van der Waals surface area contributed by atoms with Gasteiger partial charge in [-0.25, -0.2) is 4.98 Å². The largest absolute Gasteiger partial charge is 0.359 e. The van der Waals surface area contributed by atoms with Gasteiger partial charge in [0.2, 0.25) is 5.91 Å². The number of carbonyl (C=O) groups excluding carboxylic acids is 1. The number of amides is 1. The van der Waals surface area contributed by atoms with Gasteiger partial charge < -0.3 is 5.32 Å². The highest BCUT2D eigenvalue weighted by Gasteiger charge is 2.04. The first kappa shape index (κ1) is 10.2. The molecule has 0 aliphatic carbocycles. The van der Waals surface area contributed by atoms with Gasteiger partial charge in [0, 0.05) is 13.2 Å². The Morgan fingerprint density at radius 3 is 3.13 bits per heavy atom. The molecule has 0 atom stereocenters. The molecule has 0 saturated heterocycles. The fraction of sp³-hybridized carbons (Fsp3) is 0.200. The number of hydrogen-bond donors (Lipinski definition) is 1. The molecule has 2 heterocycles. The number of imidazole rings is 1. The molecule has 0 aliphatic heterocycles. The van der Waals surface area contributed by atoms with E-state index in [1.807, 2.05) is 22.7 Å². The number of nitrogens with one attached hydrogen (secondary N) is 1. The smallest absolute Gasteiger partial charge is 0.224 e. The maximum absolute atomic E-state index is 11.2. The van der Waals surface area contributed by atoms with E-state index < -0.39 is 0 Å². The van der Waals surface area contributed by atoms with Gasteiger partial charge in [-0.15, -0.1) is 0 Å². The topological polar surface area (TPSA) is 46.4 Å². The summed E-state index contributed by atoms with van der Waals surface area (Å²) in [7, 11) is 1.63. The monoisotopic (exact) mass is 267 g/mol. The van der Waals surface area contributed by atoms with Crippen LogP contribution in [-0.4, -0.2) is 22.3 Å². The molecule has 0 saturated carbocycles. The van der Waals surface area contributed by atoms with Gasteiger partial charge in [0.05, 0.1) is 12.6 Å². The first-order valence-corrected chi connectivity index (χ1v) is 5.32. The zero-order chi connectivity index (χ0) is 10.8. The van der Waals surface area contributed by atoms with Crippen LogP contribution in [0.15, 0.2) is 29.1 Å². The zero-order valence-electron chi connectivity index (χ0n) is 8.20. The summed E-state index contributed by atoms with van der Waals surface area (Å²) in [4.78, 5) is 15.4. The molecule has 15 heavy (non-hydrogen) atoms. The Balaban J connectivity index is 2.37. The number of hydrogen-bond acceptors (Lipinski definition) is 2. The number of pyridine rings is 1. The number of rotatable bonds is 2. The van der Waals surface area contributed by atoms with Gasteiger partial charge >= 0.3 is 0 Å². The summed E-state index contributed by atoms with van der Waals surface area (Å²) in [6.45, 7) is 0. The van der Waals surface area contributed by atoms with Gasteiger partial charge in [-0.05, 0) is 27.6 Å². The third kappa shape index (κ3) is 2.02. The average Bonchev–Trinajstić information content (AvgIpc) is 2.60. The van der Waals surface area contributed by atoms with E-state index in [2.05, 4.69) is 26.2 Å². The summed E-state index contributed by atoms with van der Waals surface area (Å²) in [5.41, 5.74) is 1.82. The van der Waals surface area contributed by atoms with Crippen LogP contribution in [0.5, 0.6) is 0 Å². The summed E-state index contributed by atoms with van der Waals surface area (Å²) in [6.07, 6.45) is 4.03. The molecule has 0 aliphatic rings. The summed E-state index contributed by atoms with van der Waals surface area (Å²) in [5.74, 6) is 0.00517. The summed E-state index contributed by atoms with van der Waals surface area (Å²) >= 11 is 3.38. The Kier molecular flexibility index (Phi) is 2.73. The predicted octanol–water partition coefficient (Wildman–Crippen LogP) is 1.39. The maximum atomic E-state index is 11.2. The van der Waals surface area contributed by atoms with Crippen LogP contribution >= 0.6 is 15.9 Å². The summed E-state index contributed by atoms with van der Waals surface area (Å²) in [5, 5.41) is 2.59. The molecule has 0 unspecified atom stereocenters. The van der Waals surface area contributed by atoms with Crippen molar-refractivity contribution in [3.63, 3.8) is 0 Å². The molecule has 0 bridgehead atoms. The van der Waals surface area contributed by atoms with E-state index in [1.54, 1.807) is 13.2 Å². The van der Waals surface area contributed by atoms with E-state index in [-0.39, 0.29) is 5.91 Å². The first-order valence-electron chi connectivity index (χ1n) is 4.53. The molecule has 1 amide bonds. The number of likely N-dealkylation sites (N-methyl/N-ethyl adjacent to an activating group) is 1. The second kappa shape index (κ2) is 4.02. The van der Waals surface area contributed by atoms with Crippen molar-refractivity contribution in [1.29, 1.82) is 0 Å². The van der Waals surface area contributed by atoms with Gasteiger partial charge in [0.25, 0.3) is 0 Å². The molecule has 0 spiro atoms. The molecule has 2 aromatic rings. The van der Waals surface area contributed by atoms with Crippen LogP contribution in [-0.2, 0) is 11.2 Å². The average molecular weight is 268 g/mol. The van der Waals surface area contributed by atoms with Crippen molar-refractivity contribution < 1.29 is 4.79 Å². The highest BCUT2D eigenvalue weighted by molar-refractivity contribution is 9.10. The molecular formula is C10H10BrN3O. The van der Waals surface area contributed by atoms with Crippen LogP contribution < -0.4 is 5.32 Å². The van der Waals surface area contributed by atoms with Gasteiger partial charge in [0.1, 0.15) is 10.3 Å². The van der Waals surface area contributed by atoms with Gasteiger partial charge in [-0.2, -0.15) is 0 Å². The second-order valence-electron chi connectivity index (χ2n) is 3.20. The lowest BCUT2D eigenvalue weighted by atomic mass is 10.2. The molecule has 0 radical (unpaired) electrons. The van der Waals surface area contributed by atoms with Crippen LogP contribution in [0.3, 0.4) is 0 Å². The van der Waals surface area contributed by atoms with E-state index in [1.165, 1.54) is 0 Å². The van der Waals surface area contributed by atoms with Crippen molar-refractivity contribution in [3.05, 3.63) is 34.7 Å². The van der Waals surface area contributed by atoms with Crippen molar-refractivity contribution in [2.45, 2.75) is 6.42 Å². The maximum Gasteiger partial charge on any atom is 0.224 e. The molecule has 2 rings (SSSR count). The van der Waals surface area contributed by atoms with E-state index in [4.69, 9.17) is 0 Å². The van der Waals surface area contributed by atoms with Crippen LogP contribution in [0.2, 0.25) is 0 Å². The molecule has 5 heteroatoms. The van der Waals surface area contributed by atoms with Gasteiger partial charge in [-0.3, -0.25) is 9.20 Å². The molecule has 0 aromatic carbocycles. The first-order chi connectivity index (χ1) is 7.20. The Morgan fingerprint density at radius 1 is 1.60 bits per heavy atom. The lowest BCUT2D eigenvalue weighted by molar-refractivity contribution is -0.119. The van der Waals surface area contributed by atoms with E-state index in [9.17, 15) is 4.79 Å². The molecule has 2 aromatic heterocycles. The number of aromatic nitrogens is 2. The lowest BCUT2D eigenvalue weighted by Gasteiger charge is -2.02.